The van der Waals surface area contributed by atoms with Crippen LogP contribution in [0.2, 0.25) is 0 Å². The Kier molecular flexibility index (Phi) is 8.21. The molecule has 0 saturated carbocycles. The molecule has 3 atom stereocenters. The molecule has 4 aliphatic rings. The third kappa shape index (κ3) is 5.65. The van der Waals surface area contributed by atoms with E-state index in [2.05, 4.69) is 128 Å². The fraction of sp³-hybridized carbons (Fsp3) is 0.180. The molecule has 2 fully saturated rings. The van der Waals surface area contributed by atoms with Gasteiger partial charge in [-0.25, -0.2) is 0 Å². The van der Waals surface area contributed by atoms with E-state index in [0.717, 1.165) is 77.7 Å². The number of anilines is 6. The van der Waals surface area contributed by atoms with E-state index in [1.807, 2.05) is 60.9 Å². The minimum Gasteiger partial charge on any atom is -0.616 e. The summed E-state index contributed by atoms with van der Waals surface area (Å²) < 4.78 is -0.641. The van der Waals surface area contributed by atoms with Crippen LogP contribution in [0.4, 0.5) is 51.2 Å². The topological polar surface area (TPSA) is 57.7 Å². The van der Waals surface area contributed by atoms with Gasteiger partial charge in [-0.05, 0) is 134 Å². The van der Waals surface area contributed by atoms with Crippen molar-refractivity contribution in [3.05, 3.63) is 175 Å². The van der Waals surface area contributed by atoms with Gasteiger partial charge in [0.1, 0.15) is 5.69 Å². The molecular weight excluding hydrogens is 701 g/mol. The third-order valence-electron chi connectivity index (χ3n) is 12.7. The van der Waals surface area contributed by atoms with Gasteiger partial charge in [-0.15, -0.1) is 0 Å². The van der Waals surface area contributed by atoms with E-state index in [4.69, 9.17) is 0 Å². The van der Waals surface area contributed by atoms with Gasteiger partial charge in [0.15, 0.2) is 11.4 Å². The summed E-state index contributed by atoms with van der Waals surface area (Å²) >= 11 is 0. The van der Waals surface area contributed by atoms with Crippen LogP contribution < -0.4 is 24.7 Å². The molecule has 5 heterocycles. The Bertz CT molecular complexity index is 2560. The largest absolute Gasteiger partial charge is 0.616 e. The van der Waals surface area contributed by atoms with Gasteiger partial charge in [-0.2, -0.15) is 0 Å². The van der Waals surface area contributed by atoms with Crippen LogP contribution in [-0.2, 0) is 6.42 Å². The number of fused-ring (bicyclic) bond motifs is 5. The smallest absolute Gasteiger partial charge is 0.151 e. The number of benzene rings is 6. The maximum absolute atomic E-state index is 15.6. The van der Waals surface area contributed by atoms with Crippen molar-refractivity contribution in [2.45, 2.75) is 25.3 Å². The summed E-state index contributed by atoms with van der Waals surface area (Å²) in [7, 11) is 0. The molecule has 280 valence electrons. The number of quaternary nitrogens is 1. The zero-order chi connectivity index (χ0) is 37.9. The lowest BCUT2D eigenvalue weighted by Crippen LogP contribution is -2.43. The van der Waals surface area contributed by atoms with Crippen molar-refractivity contribution in [1.29, 1.82) is 0 Å². The highest BCUT2D eigenvalue weighted by molar-refractivity contribution is 6.00. The standard InChI is InChI=1S/C50H44N6O/c57-56(49-14-8-7-13-45(49)46-32-41(17-20-50(46)56)55(39-9-3-1-4-10-39)40-11-5-2-6-12-40)44-18-15-35(16-19-44)38-29-42(53-27-23-36-33-51-25-21-47(36)53)31-43(30-38)54-28-24-37-34-52-26-22-48(37)54/h1-21,25,29-33,37,48,52H,22-24,26-28,34H2. The molecule has 7 nitrogen and oxygen atoms in total. The van der Waals surface area contributed by atoms with Crippen molar-refractivity contribution in [3.8, 4) is 22.3 Å². The number of nitrogens with one attached hydrogen (secondary N) is 1. The molecule has 3 unspecified atom stereocenters. The van der Waals surface area contributed by atoms with Gasteiger partial charge >= 0.3 is 0 Å². The van der Waals surface area contributed by atoms with E-state index < -0.39 is 4.65 Å². The Labute approximate surface area is 334 Å². The van der Waals surface area contributed by atoms with E-state index >= 15 is 5.21 Å². The molecule has 11 rings (SSSR count). The highest BCUT2D eigenvalue weighted by atomic mass is 16.5. The van der Waals surface area contributed by atoms with Crippen LogP contribution in [0, 0.1) is 11.1 Å². The zero-order valence-electron chi connectivity index (χ0n) is 31.8. The summed E-state index contributed by atoms with van der Waals surface area (Å²) in [6, 6.07) is 53.4. The maximum Gasteiger partial charge on any atom is 0.151 e. The summed E-state index contributed by atoms with van der Waals surface area (Å²) in [4.78, 5) is 11.8. The second-order valence-corrected chi connectivity index (χ2v) is 15.8. The fourth-order valence-corrected chi connectivity index (χ4v) is 9.99. The average Bonchev–Trinajstić information content (AvgIpc) is 3.98. The number of para-hydroxylation sites is 3. The number of piperidine rings is 1. The summed E-state index contributed by atoms with van der Waals surface area (Å²) in [5.41, 5.74) is 14.5. The predicted molar refractivity (Wildman–Crippen MR) is 235 cm³/mol. The molecule has 0 radical (unpaired) electrons. The van der Waals surface area contributed by atoms with Crippen LogP contribution in [0.3, 0.4) is 0 Å². The molecule has 6 aromatic carbocycles. The highest BCUT2D eigenvalue weighted by Crippen LogP contribution is 2.58. The van der Waals surface area contributed by atoms with Gasteiger partial charge < -0.3 is 25.2 Å². The Morgan fingerprint density at radius 1 is 0.649 bits per heavy atom. The average molecular weight is 745 g/mol. The predicted octanol–water partition coefficient (Wildman–Crippen LogP) is 11.5. The summed E-state index contributed by atoms with van der Waals surface area (Å²) in [5, 5.41) is 19.3. The lowest BCUT2D eigenvalue weighted by molar-refractivity contribution is 0.361. The van der Waals surface area contributed by atoms with Gasteiger partial charge in [0.2, 0.25) is 0 Å². The molecule has 57 heavy (non-hydrogen) atoms. The van der Waals surface area contributed by atoms with Crippen molar-refractivity contribution < 1.29 is 0 Å². The first kappa shape index (κ1) is 34.0. The van der Waals surface area contributed by atoms with E-state index in [0.29, 0.717) is 17.6 Å². The highest BCUT2D eigenvalue weighted by Gasteiger charge is 2.40. The van der Waals surface area contributed by atoms with Crippen molar-refractivity contribution in [3.63, 3.8) is 0 Å². The molecule has 0 spiro atoms. The number of nitrogens with zero attached hydrogens (tertiary/aromatic N) is 5. The summed E-state index contributed by atoms with van der Waals surface area (Å²) in [6.07, 6.45) is 7.29. The molecular formula is C50H44N6O. The quantitative estimate of drug-likeness (QED) is 0.130. The van der Waals surface area contributed by atoms with Gasteiger partial charge in [0, 0.05) is 95.5 Å². The van der Waals surface area contributed by atoms with Crippen molar-refractivity contribution in [2.24, 2.45) is 5.92 Å². The van der Waals surface area contributed by atoms with Crippen LogP contribution in [0.1, 0.15) is 18.4 Å². The molecule has 0 bridgehead atoms. The van der Waals surface area contributed by atoms with Crippen LogP contribution in [-0.4, -0.2) is 37.2 Å². The van der Waals surface area contributed by atoms with Gasteiger partial charge in [-0.3, -0.25) is 9.63 Å². The third-order valence-corrected chi connectivity index (χ3v) is 12.7. The van der Waals surface area contributed by atoms with Crippen LogP contribution >= 0.6 is 0 Å². The Hall–Kier alpha value is -6.25. The van der Waals surface area contributed by atoms with Crippen molar-refractivity contribution in [1.82, 2.24) is 14.9 Å². The Morgan fingerprint density at radius 2 is 1.39 bits per heavy atom. The number of hydrogen-bond donors (Lipinski definition) is 1. The fourth-order valence-electron chi connectivity index (χ4n) is 9.99. The number of aromatic nitrogens is 1. The molecule has 1 N–H and O–H groups in total. The van der Waals surface area contributed by atoms with Crippen molar-refractivity contribution >= 4 is 51.2 Å². The first-order valence-electron chi connectivity index (χ1n) is 20.3. The molecule has 7 aromatic rings. The molecule has 2 saturated heterocycles. The normalized spacial score (nSPS) is 20.5. The molecule has 4 aliphatic heterocycles. The number of pyridine rings is 1. The minimum atomic E-state index is -0.641. The van der Waals surface area contributed by atoms with E-state index in [9.17, 15) is 0 Å². The lowest BCUT2D eigenvalue weighted by atomic mass is 9.94. The molecule has 0 amide bonds. The van der Waals surface area contributed by atoms with Crippen LogP contribution in [0.5, 0.6) is 0 Å². The lowest BCUT2D eigenvalue weighted by Gasteiger charge is -2.38. The van der Waals surface area contributed by atoms with E-state index in [1.54, 1.807) is 0 Å². The number of rotatable bonds is 7. The monoisotopic (exact) mass is 744 g/mol. The Balaban J connectivity index is 0.987. The van der Waals surface area contributed by atoms with Gasteiger partial charge in [0.05, 0.1) is 5.56 Å². The molecule has 0 aliphatic carbocycles. The van der Waals surface area contributed by atoms with Crippen LogP contribution in [0.15, 0.2) is 164 Å². The summed E-state index contributed by atoms with van der Waals surface area (Å²) in [5.74, 6) is 0.683. The van der Waals surface area contributed by atoms with Gasteiger partial charge in [0.25, 0.3) is 0 Å². The second kappa shape index (κ2) is 13.7. The minimum absolute atomic E-state index is 0.555. The summed E-state index contributed by atoms with van der Waals surface area (Å²) in [6.45, 7) is 4.18. The first-order valence-corrected chi connectivity index (χ1v) is 20.3. The Morgan fingerprint density at radius 3 is 2.19 bits per heavy atom. The second-order valence-electron chi connectivity index (χ2n) is 15.8. The zero-order valence-corrected chi connectivity index (χ0v) is 31.8. The van der Waals surface area contributed by atoms with Gasteiger partial charge in [-0.1, -0.05) is 48.5 Å². The molecule has 1 aromatic heterocycles. The molecule has 7 heteroatoms. The van der Waals surface area contributed by atoms with Crippen molar-refractivity contribution in [2.75, 3.05) is 40.9 Å². The first-order chi connectivity index (χ1) is 28.1. The van der Waals surface area contributed by atoms with E-state index in [-0.39, 0.29) is 0 Å². The maximum atomic E-state index is 15.6. The van der Waals surface area contributed by atoms with E-state index in [1.165, 1.54) is 41.0 Å². The number of hydrogen-bond acceptors (Lipinski definition) is 6. The van der Waals surface area contributed by atoms with Crippen LogP contribution in [0.25, 0.3) is 22.3 Å². The SMILES string of the molecule is [O-][N+]1(c2ccc(-c3cc(N4CCc5cnccc54)cc(N4CCC5CNCCC54)c3)cc2)c2ccccc2-c2cc(N(c3ccccc3)c3ccccc3)ccc21.